The quantitative estimate of drug-likeness (QED) is 0.677. The van der Waals surface area contributed by atoms with Gasteiger partial charge in [0.1, 0.15) is 11.6 Å². The van der Waals surface area contributed by atoms with Crippen LogP contribution in [0.25, 0.3) is 0 Å². The minimum Gasteiger partial charge on any atom is -0.300 e. The van der Waals surface area contributed by atoms with Crippen LogP contribution in [-0.2, 0) is 9.59 Å². The smallest absolute Gasteiger partial charge is 0.139 e. The lowest BCUT2D eigenvalue weighted by Gasteiger charge is -2.62. The van der Waals surface area contributed by atoms with E-state index in [1.807, 2.05) is 0 Å². The molecule has 0 aromatic carbocycles. The fourth-order valence-corrected chi connectivity index (χ4v) is 7.07. The van der Waals surface area contributed by atoms with Crippen molar-refractivity contribution in [3.63, 3.8) is 0 Å². The van der Waals surface area contributed by atoms with Crippen LogP contribution in [0.5, 0.6) is 0 Å². The summed E-state index contributed by atoms with van der Waals surface area (Å²) in [6, 6.07) is 2.61. The molecular formula is C20H27NO2. The van der Waals surface area contributed by atoms with Gasteiger partial charge in [0, 0.05) is 24.7 Å². The minimum atomic E-state index is -0.445. The van der Waals surface area contributed by atoms with Crippen molar-refractivity contribution >= 4 is 11.6 Å². The van der Waals surface area contributed by atoms with E-state index in [1.165, 1.54) is 0 Å². The van der Waals surface area contributed by atoms with Crippen LogP contribution in [0.4, 0.5) is 0 Å². The molecule has 124 valence electrons. The molecule has 4 aliphatic rings. The zero-order valence-electron chi connectivity index (χ0n) is 14.4. The Hall–Kier alpha value is -1.17. The number of fused-ring (bicyclic) bond motifs is 5. The molecule has 23 heavy (non-hydrogen) atoms. The number of rotatable bonds is 0. The van der Waals surface area contributed by atoms with E-state index >= 15 is 0 Å². The van der Waals surface area contributed by atoms with Crippen LogP contribution in [0.2, 0.25) is 0 Å². The molecule has 0 amide bonds. The van der Waals surface area contributed by atoms with Gasteiger partial charge in [0.05, 0.1) is 11.5 Å². The lowest BCUT2D eigenvalue weighted by atomic mass is 9.40. The van der Waals surface area contributed by atoms with Crippen LogP contribution in [0.3, 0.4) is 0 Å². The van der Waals surface area contributed by atoms with E-state index in [4.69, 9.17) is 0 Å². The van der Waals surface area contributed by atoms with Crippen molar-refractivity contribution in [2.24, 2.45) is 34.0 Å². The molecule has 0 aromatic rings. The molecule has 0 aromatic heterocycles. The van der Waals surface area contributed by atoms with Crippen LogP contribution < -0.4 is 0 Å². The molecule has 0 bridgehead atoms. The summed E-state index contributed by atoms with van der Waals surface area (Å²) in [6.07, 6.45) is 7.72. The molecule has 0 N–H and O–H groups in total. The maximum absolute atomic E-state index is 12.4. The first-order valence-electron chi connectivity index (χ1n) is 9.33. The highest BCUT2D eigenvalue weighted by atomic mass is 16.1. The minimum absolute atomic E-state index is 0.0362. The highest BCUT2D eigenvalue weighted by molar-refractivity contribution is 5.87. The molecule has 3 nitrogen and oxygen atoms in total. The van der Waals surface area contributed by atoms with E-state index in [0.29, 0.717) is 36.4 Å². The van der Waals surface area contributed by atoms with Gasteiger partial charge in [-0.3, -0.25) is 9.59 Å². The second kappa shape index (κ2) is 4.68. The number of nitriles is 1. The van der Waals surface area contributed by atoms with E-state index in [1.54, 1.807) is 0 Å². The first-order valence-corrected chi connectivity index (χ1v) is 9.33. The number of ketones is 2. The molecule has 4 saturated carbocycles. The van der Waals surface area contributed by atoms with Crippen molar-refractivity contribution < 1.29 is 9.59 Å². The Morgan fingerprint density at radius 3 is 2.52 bits per heavy atom. The van der Waals surface area contributed by atoms with E-state index in [2.05, 4.69) is 19.9 Å². The number of carbonyl (C=O) groups is 2. The predicted molar refractivity (Wildman–Crippen MR) is 86.3 cm³/mol. The van der Waals surface area contributed by atoms with Gasteiger partial charge >= 0.3 is 0 Å². The molecule has 0 radical (unpaired) electrons. The fraction of sp³-hybridized carbons (Fsp3) is 0.850. The number of nitrogens with zero attached hydrogens (tertiary/aromatic N) is 1. The van der Waals surface area contributed by atoms with Gasteiger partial charge < -0.3 is 0 Å². The van der Waals surface area contributed by atoms with Gasteiger partial charge in [-0.05, 0) is 61.7 Å². The molecule has 4 aliphatic carbocycles. The monoisotopic (exact) mass is 313 g/mol. The van der Waals surface area contributed by atoms with Crippen molar-refractivity contribution in [1.29, 1.82) is 5.26 Å². The van der Waals surface area contributed by atoms with Crippen LogP contribution in [-0.4, -0.2) is 11.6 Å². The third-order valence-electron chi connectivity index (χ3n) is 8.60. The van der Waals surface area contributed by atoms with Crippen molar-refractivity contribution in [3.8, 4) is 6.07 Å². The molecule has 0 unspecified atom stereocenters. The first-order chi connectivity index (χ1) is 10.9. The first kappa shape index (κ1) is 15.4. The number of hydrogen-bond donors (Lipinski definition) is 0. The van der Waals surface area contributed by atoms with Crippen LogP contribution in [0.1, 0.15) is 71.6 Å². The number of hydrogen-bond acceptors (Lipinski definition) is 3. The Morgan fingerprint density at radius 1 is 1.00 bits per heavy atom. The van der Waals surface area contributed by atoms with Crippen molar-refractivity contribution in [2.75, 3.05) is 0 Å². The topological polar surface area (TPSA) is 57.9 Å². The lowest BCUT2D eigenvalue weighted by molar-refractivity contribution is -0.154. The highest BCUT2D eigenvalue weighted by Gasteiger charge is 2.65. The van der Waals surface area contributed by atoms with Gasteiger partial charge in [-0.25, -0.2) is 0 Å². The zero-order chi connectivity index (χ0) is 16.5. The molecule has 0 spiro atoms. The summed E-state index contributed by atoms with van der Waals surface area (Å²) in [4.78, 5) is 24.5. The molecule has 4 rings (SSSR count). The van der Waals surface area contributed by atoms with E-state index in [-0.39, 0.29) is 16.6 Å². The summed E-state index contributed by atoms with van der Waals surface area (Å²) in [5.41, 5.74) is -0.583. The largest absolute Gasteiger partial charge is 0.300 e. The van der Waals surface area contributed by atoms with Crippen LogP contribution in [0.15, 0.2) is 0 Å². The Bertz CT molecular complexity index is 620. The number of carbonyl (C=O) groups excluding carboxylic acids is 2. The SMILES string of the molecule is C[C@@]12CC[C@H]3[C@@H](CC[C@@]4(C#N)CC(=O)CC[C@]34C)[C@@H]1CCC2=O. The molecule has 4 fully saturated rings. The van der Waals surface area contributed by atoms with E-state index < -0.39 is 5.41 Å². The third kappa shape index (κ3) is 1.76. The average molecular weight is 313 g/mol. The Balaban J connectivity index is 1.73. The van der Waals surface area contributed by atoms with Crippen LogP contribution in [0, 0.1) is 45.3 Å². The van der Waals surface area contributed by atoms with Gasteiger partial charge in [-0.2, -0.15) is 5.26 Å². The normalized spacial score (nSPS) is 52.3. The zero-order valence-corrected chi connectivity index (χ0v) is 14.4. The summed E-state index contributed by atoms with van der Waals surface area (Å²) in [7, 11) is 0. The Kier molecular flexibility index (Phi) is 3.13. The maximum atomic E-state index is 12.4. The molecule has 0 aliphatic heterocycles. The standard InChI is InChI=1S/C20H27NO2/c1-18-8-7-16-14(15(18)3-4-17(18)23)6-10-20(12-21)11-13(22)5-9-19(16,20)2/h14-16H,3-11H2,1-2H3/t14-,15-,16-,18+,19+,20-/m0/s1. The van der Waals surface area contributed by atoms with Gasteiger partial charge in [-0.1, -0.05) is 13.8 Å². The lowest BCUT2D eigenvalue weighted by Crippen LogP contribution is -2.58. The Labute approximate surface area is 138 Å². The van der Waals surface area contributed by atoms with E-state index in [9.17, 15) is 14.9 Å². The maximum Gasteiger partial charge on any atom is 0.139 e. The Morgan fingerprint density at radius 2 is 1.78 bits per heavy atom. The van der Waals surface area contributed by atoms with Gasteiger partial charge in [0.2, 0.25) is 0 Å². The van der Waals surface area contributed by atoms with E-state index in [0.717, 1.165) is 44.9 Å². The highest BCUT2D eigenvalue weighted by Crippen LogP contribution is 2.68. The predicted octanol–water partition coefficient (Wildman–Crippen LogP) is 4.06. The summed E-state index contributed by atoms with van der Waals surface area (Å²) in [5.74, 6) is 2.37. The van der Waals surface area contributed by atoms with Gasteiger partial charge in [-0.15, -0.1) is 0 Å². The number of Topliss-reactive ketones (excluding diaryl/α,β-unsaturated/α-hetero) is 2. The molecule has 0 heterocycles. The fourth-order valence-electron chi connectivity index (χ4n) is 7.07. The summed E-state index contributed by atoms with van der Waals surface area (Å²) in [5, 5.41) is 9.97. The molecule has 6 atom stereocenters. The summed E-state index contributed by atoms with van der Waals surface area (Å²) in [6.45, 7) is 4.49. The average Bonchev–Trinajstić information content (AvgIpc) is 2.84. The summed E-state index contributed by atoms with van der Waals surface area (Å²) >= 11 is 0. The van der Waals surface area contributed by atoms with Gasteiger partial charge in [0.25, 0.3) is 0 Å². The molecule has 0 saturated heterocycles. The molecular weight excluding hydrogens is 286 g/mol. The van der Waals surface area contributed by atoms with Crippen molar-refractivity contribution in [1.82, 2.24) is 0 Å². The van der Waals surface area contributed by atoms with Crippen LogP contribution >= 0.6 is 0 Å². The molecule has 3 heteroatoms. The second-order valence-electron chi connectivity index (χ2n) is 9.16. The third-order valence-corrected chi connectivity index (χ3v) is 8.60. The van der Waals surface area contributed by atoms with Crippen molar-refractivity contribution in [3.05, 3.63) is 0 Å². The second-order valence-corrected chi connectivity index (χ2v) is 9.16. The van der Waals surface area contributed by atoms with Crippen molar-refractivity contribution in [2.45, 2.75) is 71.6 Å². The summed E-state index contributed by atoms with van der Waals surface area (Å²) < 4.78 is 0. The van der Waals surface area contributed by atoms with Gasteiger partial charge in [0.15, 0.2) is 0 Å².